The first-order chi connectivity index (χ1) is 12.6. The third-order valence-electron chi connectivity index (χ3n) is 4.00. The maximum Gasteiger partial charge on any atom is 0.303 e. The van der Waals surface area contributed by atoms with Crippen molar-refractivity contribution in [1.29, 1.82) is 0 Å². The van der Waals surface area contributed by atoms with Crippen LogP contribution in [0.5, 0.6) is 11.5 Å². The van der Waals surface area contributed by atoms with Gasteiger partial charge in [-0.05, 0) is 30.3 Å². The molecule has 132 valence electrons. The molecule has 0 bridgehead atoms. The van der Waals surface area contributed by atoms with E-state index in [1.807, 2.05) is 18.2 Å². The Kier molecular flexibility index (Phi) is 4.26. The van der Waals surface area contributed by atoms with Crippen LogP contribution in [0.3, 0.4) is 0 Å². The second-order valence-electron chi connectivity index (χ2n) is 5.76. The number of rotatable bonds is 5. The molecule has 26 heavy (non-hydrogen) atoms. The summed E-state index contributed by atoms with van der Waals surface area (Å²) in [5.74, 6) is 1.31. The van der Waals surface area contributed by atoms with E-state index in [4.69, 9.17) is 30.6 Å². The van der Waals surface area contributed by atoms with E-state index in [9.17, 15) is 4.79 Å². The molecule has 2 aromatic carbocycles. The summed E-state index contributed by atoms with van der Waals surface area (Å²) in [4.78, 5) is 15.5. The fourth-order valence-corrected chi connectivity index (χ4v) is 2.85. The van der Waals surface area contributed by atoms with Crippen LogP contribution >= 0.6 is 11.6 Å². The number of oxazole rings is 1. The molecule has 0 aliphatic carbocycles. The number of hydrogen-bond donors (Lipinski definition) is 1. The molecule has 1 aliphatic heterocycles. The van der Waals surface area contributed by atoms with Crippen LogP contribution in [0.2, 0.25) is 5.02 Å². The average Bonchev–Trinajstić information content (AvgIpc) is 3.26. The number of aliphatic carboxylic acids is 1. The number of nitrogens with zero attached hydrogens (tertiary/aromatic N) is 1. The molecule has 6 nitrogen and oxygen atoms in total. The molecule has 2 heterocycles. The van der Waals surface area contributed by atoms with Crippen molar-refractivity contribution in [3.8, 4) is 34.2 Å². The van der Waals surface area contributed by atoms with Gasteiger partial charge in [0.05, 0.1) is 6.42 Å². The number of carboxylic acid groups (broad SMARTS) is 1. The van der Waals surface area contributed by atoms with Gasteiger partial charge in [-0.1, -0.05) is 23.7 Å². The zero-order chi connectivity index (χ0) is 18.1. The quantitative estimate of drug-likeness (QED) is 0.715. The standard InChI is InChI=1S/C19H14ClNO5/c20-13-4-1-11(2-5-13)18-15(7-8-17(22)23)26-19(21-18)12-3-6-14-16(9-12)25-10-24-14/h1-6,9H,7-8,10H2,(H,22,23). The highest BCUT2D eigenvalue weighted by atomic mass is 35.5. The Morgan fingerprint density at radius 1 is 1.08 bits per heavy atom. The summed E-state index contributed by atoms with van der Waals surface area (Å²) in [5, 5.41) is 9.60. The second kappa shape index (κ2) is 6.72. The van der Waals surface area contributed by atoms with Crippen molar-refractivity contribution in [2.45, 2.75) is 12.8 Å². The Balaban J connectivity index is 1.75. The molecule has 0 saturated heterocycles. The average molecular weight is 372 g/mol. The lowest BCUT2D eigenvalue weighted by molar-refractivity contribution is -0.137. The molecule has 0 radical (unpaired) electrons. The largest absolute Gasteiger partial charge is 0.481 e. The smallest absolute Gasteiger partial charge is 0.303 e. The highest BCUT2D eigenvalue weighted by Gasteiger charge is 2.20. The predicted octanol–water partition coefficient (Wildman–Crippen LogP) is 4.41. The molecule has 0 saturated carbocycles. The molecule has 1 aliphatic rings. The van der Waals surface area contributed by atoms with Gasteiger partial charge in [-0.2, -0.15) is 0 Å². The number of carbonyl (C=O) groups is 1. The minimum Gasteiger partial charge on any atom is -0.481 e. The van der Waals surface area contributed by atoms with Gasteiger partial charge in [0.25, 0.3) is 0 Å². The Bertz CT molecular complexity index is 965. The number of halogens is 1. The van der Waals surface area contributed by atoms with Crippen molar-refractivity contribution in [2.75, 3.05) is 6.79 Å². The van der Waals surface area contributed by atoms with E-state index >= 15 is 0 Å². The van der Waals surface area contributed by atoms with Crippen molar-refractivity contribution in [1.82, 2.24) is 4.98 Å². The van der Waals surface area contributed by atoms with Gasteiger partial charge in [-0.3, -0.25) is 4.79 Å². The number of ether oxygens (including phenoxy) is 2. The van der Waals surface area contributed by atoms with E-state index in [1.54, 1.807) is 24.3 Å². The first-order valence-electron chi connectivity index (χ1n) is 7.97. The van der Waals surface area contributed by atoms with E-state index in [0.29, 0.717) is 33.9 Å². The molecule has 1 aromatic heterocycles. The van der Waals surface area contributed by atoms with Crippen LogP contribution in [0.4, 0.5) is 0 Å². The van der Waals surface area contributed by atoms with Gasteiger partial charge in [0, 0.05) is 22.6 Å². The van der Waals surface area contributed by atoms with Crippen LogP contribution in [-0.2, 0) is 11.2 Å². The lowest BCUT2D eigenvalue weighted by Gasteiger charge is -2.00. The van der Waals surface area contributed by atoms with Crippen molar-refractivity contribution in [2.24, 2.45) is 0 Å². The molecule has 0 unspecified atom stereocenters. The fourth-order valence-electron chi connectivity index (χ4n) is 2.73. The minimum atomic E-state index is -0.895. The molecule has 1 N–H and O–H groups in total. The molecule has 3 aromatic rings. The van der Waals surface area contributed by atoms with Gasteiger partial charge in [-0.25, -0.2) is 4.98 Å². The van der Waals surface area contributed by atoms with Crippen molar-refractivity contribution in [3.63, 3.8) is 0 Å². The summed E-state index contributed by atoms with van der Waals surface area (Å²) in [6.07, 6.45) is 0.196. The summed E-state index contributed by atoms with van der Waals surface area (Å²) in [6, 6.07) is 12.6. The van der Waals surface area contributed by atoms with Crippen LogP contribution in [0.1, 0.15) is 12.2 Å². The maximum absolute atomic E-state index is 11.0. The number of hydrogen-bond acceptors (Lipinski definition) is 5. The number of aryl methyl sites for hydroxylation is 1. The molecule has 7 heteroatoms. The Labute approximate surface area is 153 Å². The fraction of sp³-hybridized carbons (Fsp3) is 0.158. The normalized spacial score (nSPS) is 12.3. The van der Waals surface area contributed by atoms with Crippen LogP contribution in [0, 0.1) is 0 Å². The number of benzene rings is 2. The number of fused-ring (bicyclic) bond motifs is 1. The summed E-state index contributed by atoms with van der Waals surface area (Å²) in [6.45, 7) is 0.185. The highest BCUT2D eigenvalue weighted by Crippen LogP contribution is 2.37. The monoisotopic (exact) mass is 371 g/mol. The van der Waals surface area contributed by atoms with Gasteiger partial charge < -0.3 is 19.0 Å². The molecule has 0 amide bonds. The number of carboxylic acids is 1. The SMILES string of the molecule is O=C(O)CCc1oc(-c2ccc3c(c2)OCO3)nc1-c1ccc(Cl)cc1. The zero-order valence-corrected chi connectivity index (χ0v) is 14.3. The maximum atomic E-state index is 11.0. The van der Waals surface area contributed by atoms with Crippen molar-refractivity contribution >= 4 is 17.6 Å². The van der Waals surface area contributed by atoms with Gasteiger partial charge >= 0.3 is 5.97 Å². The first kappa shape index (κ1) is 16.5. The van der Waals surface area contributed by atoms with E-state index < -0.39 is 5.97 Å². The van der Waals surface area contributed by atoms with E-state index in [-0.39, 0.29) is 19.6 Å². The van der Waals surface area contributed by atoms with Crippen molar-refractivity contribution < 1.29 is 23.8 Å². The zero-order valence-electron chi connectivity index (χ0n) is 13.6. The third kappa shape index (κ3) is 3.23. The van der Waals surface area contributed by atoms with Crippen LogP contribution in [0.15, 0.2) is 46.9 Å². The second-order valence-corrected chi connectivity index (χ2v) is 6.20. The Morgan fingerprint density at radius 3 is 2.58 bits per heavy atom. The molecule has 0 fully saturated rings. The summed E-state index contributed by atoms with van der Waals surface area (Å²) >= 11 is 5.95. The highest BCUT2D eigenvalue weighted by molar-refractivity contribution is 6.30. The minimum absolute atomic E-state index is 0.0453. The third-order valence-corrected chi connectivity index (χ3v) is 4.25. The van der Waals surface area contributed by atoms with E-state index in [2.05, 4.69) is 4.98 Å². The molecule has 0 atom stereocenters. The molecular weight excluding hydrogens is 358 g/mol. The predicted molar refractivity (Wildman–Crippen MR) is 94.5 cm³/mol. The van der Waals surface area contributed by atoms with Crippen LogP contribution in [-0.4, -0.2) is 22.9 Å². The van der Waals surface area contributed by atoms with Gasteiger partial charge in [0.2, 0.25) is 12.7 Å². The molecule has 4 rings (SSSR count). The van der Waals surface area contributed by atoms with E-state index in [1.165, 1.54) is 0 Å². The van der Waals surface area contributed by atoms with Gasteiger partial charge in [0.1, 0.15) is 11.5 Å². The van der Waals surface area contributed by atoms with Crippen LogP contribution in [0.25, 0.3) is 22.7 Å². The Morgan fingerprint density at radius 2 is 1.81 bits per heavy atom. The summed E-state index contributed by atoms with van der Waals surface area (Å²) in [5.41, 5.74) is 2.15. The topological polar surface area (TPSA) is 81.8 Å². The van der Waals surface area contributed by atoms with E-state index in [0.717, 1.165) is 11.1 Å². The lowest BCUT2D eigenvalue weighted by atomic mass is 10.1. The van der Waals surface area contributed by atoms with Gasteiger partial charge in [-0.15, -0.1) is 0 Å². The summed E-state index contributed by atoms with van der Waals surface area (Å²) < 4.78 is 16.6. The van der Waals surface area contributed by atoms with Crippen LogP contribution < -0.4 is 9.47 Å². The van der Waals surface area contributed by atoms with Crippen molar-refractivity contribution in [3.05, 3.63) is 53.2 Å². The molecule has 0 spiro atoms. The Hall–Kier alpha value is -2.99. The first-order valence-corrected chi connectivity index (χ1v) is 8.35. The summed E-state index contributed by atoms with van der Waals surface area (Å²) in [7, 11) is 0. The number of aromatic nitrogens is 1. The lowest BCUT2D eigenvalue weighted by Crippen LogP contribution is -1.97. The van der Waals surface area contributed by atoms with Gasteiger partial charge in [0.15, 0.2) is 11.5 Å². The molecular formula is C19H14ClNO5.